The molecule has 2 aromatic carbocycles. The van der Waals surface area contributed by atoms with Gasteiger partial charge in [0.2, 0.25) is 0 Å². The minimum atomic E-state index is -0.473. The molecule has 2 rings (SSSR count). The summed E-state index contributed by atoms with van der Waals surface area (Å²) in [5.41, 5.74) is -0.700. The molecular formula is C20H26O3. The molecule has 0 amide bonds. The summed E-state index contributed by atoms with van der Waals surface area (Å²) in [5.74, 6) is 1.21. The van der Waals surface area contributed by atoms with Crippen LogP contribution in [0.15, 0.2) is 36.4 Å². The number of benzene rings is 2. The van der Waals surface area contributed by atoms with Gasteiger partial charge in [0.15, 0.2) is 0 Å². The van der Waals surface area contributed by atoms with E-state index >= 15 is 0 Å². The molecule has 0 aliphatic heterocycles. The van der Waals surface area contributed by atoms with Gasteiger partial charge in [0.1, 0.15) is 17.1 Å². The van der Waals surface area contributed by atoms with E-state index in [0.29, 0.717) is 5.75 Å². The first-order chi connectivity index (χ1) is 10.6. The van der Waals surface area contributed by atoms with Crippen LogP contribution >= 0.6 is 0 Å². The molecule has 3 heteroatoms. The topological polar surface area (TPSA) is 35.5 Å². The lowest BCUT2D eigenvalue weighted by Crippen LogP contribution is -2.28. The molecular weight excluding hydrogens is 288 g/mol. The molecule has 0 radical (unpaired) electrons. The van der Waals surface area contributed by atoms with Crippen molar-refractivity contribution in [2.75, 3.05) is 0 Å². The number of esters is 1. The van der Waals surface area contributed by atoms with E-state index in [-0.39, 0.29) is 11.6 Å². The van der Waals surface area contributed by atoms with Crippen LogP contribution in [0.25, 0.3) is 10.8 Å². The van der Waals surface area contributed by atoms with Gasteiger partial charge in [-0.3, -0.25) is 4.79 Å². The predicted molar refractivity (Wildman–Crippen MR) is 94.0 cm³/mol. The van der Waals surface area contributed by atoms with Gasteiger partial charge in [-0.05, 0) is 76.1 Å². The van der Waals surface area contributed by atoms with E-state index in [1.807, 2.05) is 77.9 Å². The summed E-state index contributed by atoms with van der Waals surface area (Å²) in [4.78, 5) is 12.2. The van der Waals surface area contributed by atoms with Crippen molar-refractivity contribution in [1.29, 1.82) is 0 Å². The number of hydrogen-bond acceptors (Lipinski definition) is 3. The third kappa shape index (κ3) is 4.47. The van der Waals surface area contributed by atoms with E-state index < -0.39 is 5.41 Å². The molecule has 2 aromatic rings. The second-order valence-electron chi connectivity index (χ2n) is 7.51. The third-order valence-corrected chi connectivity index (χ3v) is 3.85. The standard InChI is InChI=1S/C20H26O3/c1-7-20(5,6)18(21)22-16-10-8-15-13-17(23-19(2,3)4)11-9-14(15)12-16/h8-13H,7H2,1-6H3. The summed E-state index contributed by atoms with van der Waals surface area (Å²) >= 11 is 0. The predicted octanol–water partition coefficient (Wildman–Crippen LogP) is 5.36. The quantitative estimate of drug-likeness (QED) is 0.563. The van der Waals surface area contributed by atoms with Gasteiger partial charge in [-0.1, -0.05) is 19.1 Å². The van der Waals surface area contributed by atoms with Crippen molar-refractivity contribution in [3.8, 4) is 11.5 Å². The minimum absolute atomic E-state index is 0.202. The maximum absolute atomic E-state index is 12.2. The Morgan fingerprint density at radius 1 is 0.913 bits per heavy atom. The van der Waals surface area contributed by atoms with E-state index in [1.54, 1.807) is 0 Å². The lowest BCUT2D eigenvalue weighted by molar-refractivity contribution is -0.144. The Hall–Kier alpha value is -2.03. The van der Waals surface area contributed by atoms with Crippen LogP contribution in [0.2, 0.25) is 0 Å². The fourth-order valence-electron chi connectivity index (χ4n) is 2.07. The number of fused-ring (bicyclic) bond motifs is 1. The van der Waals surface area contributed by atoms with Gasteiger partial charge in [-0.25, -0.2) is 0 Å². The van der Waals surface area contributed by atoms with Crippen LogP contribution in [-0.4, -0.2) is 11.6 Å². The zero-order valence-corrected chi connectivity index (χ0v) is 14.9. The Morgan fingerprint density at radius 3 is 1.96 bits per heavy atom. The Bertz CT molecular complexity index is 708. The first-order valence-electron chi connectivity index (χ1n) is 8.06. The molecule has 0 heterocycles. The SMILES string of the molecule is CCC(C)(C)C(=O)Oc1ccc2cc(OC(C)(C)C)ccc2c1. The molecule has 0 atom stereocenters. The van der Waals surface area contributed by atoms with E-state index in [4.69, 9.17) is 9.47 Å². The van der Waals surface area contributed by atoms with E-state index in [0.717, 1.165) is 22.9 Å². The van der Waals surface area contributed by atoms with Crippen LogP contribution in [0.3, 0.4) is 0 Å². The average molecular weight is 314 g/mol. The first-order valence-corrected chi connectivity index (χ1v) is 8.06. The molecule has 0 bridgehead atoms. The van der Waals surface area contributed by atoms with Gasteiger partial charge in [-0.2, -0.15) is 0 Å². The second-order valence-corrected chi connectivity index (χ2v) is 7.51. The summed E-state index contributed by atoms with van der Waals surface area (Å²) in [6.45, 7) is 11.8. The van der Waals surface area contributed by atoms with Gasteiger partial charge in [-0.15, -0.1) is 0 Å². The summed E-state index contributed by atoms with van der Waals surface area (Å²) in [6.07, 6.45) is 0.743. The highest BCUT2D eigenvalue weighted by Crippen LogP contribution is 2.29. The van der Waals surface area contributed by atoms with Crippen LogP contribution in [-0.2, 0) is 4.79 Å². The zero-order chi connectivity index (χ0) is 17.3. The Kier molecular flexibility index (Phi) is 4.69. The highest BCUT2D eigenvalue weighted by molar-refractivity contribution is 5.86. The first kappa shape index (κ1) is 17.3. The van der Waals surface area contributed by atoms with Crippen molar-refractivity contribution in [1.82, 2.24) is 0 Å². The van der Waals surface area contributed by atoms with Crippen molar-refractivity contribution in [3.05, 3.63) is 36.4 Å². The van der Waals surface area contributed by atoms with E-state index in [1.165, 1.54) is 0 Å². The van der Waals surface area contributed by atoms with E-state index in [9.17, 15) is 4.79 Å². The van der Waals surface area contributed by atoms with Gasteiger partial charge in [0, 0.05) is 0 Å². The summed E-state index contributed by atoms with van der Waals surface area (Å²) in [6, 6.07) is 11.6. The average Bonchev–Trinajstić information content (AvgIpc) is 2.45. The summed E-state index contributed by atoms with van der Waals surface area (Å²) in [7, 11) is 0. The lowest BCUT2D eigenvalue weighted by atomic mass is 9.91. The van der Waals surface area contributed by atoms with Crippen LogP contribution < -0.4 is 9.47 Å². The fraction of sp³-hybridized carbons (Fsp3) is 0.450. The molecule has 124 valence electrons. The van der Waals surface area contributed by atoms with Gasteiger partial charge in [0.25, 0.3) is 0 Å². The highest BCUT2D eigenvalue weighted by Gasteiger charge is 2.27. The Morgan fingerprint density at radius 2 is 1.43 bits per heavy atom. The van der Waals surface area contributed by atoms with Gasteiger partial charge < -0.3 is 9.47 Å². The van der Waals surface area contributed by atoms with Crippen molar-refractivity contribution >= 4 is 16.7 Å². The second kappa shape index (κ2) is 6.23. The molecule has 23 heavy (non-hydrogen) atoms. The fourth-order valence-corrected chi connectivity index (χ4v) is 2.07. The maximum Gasteiger partial charge on any atom is 0.316 e. The maximum atomic E-state index is 12.2. The van der Waals surface area contributed by atoms with E-state index in [2.05, 4.69) is 0 Å². The van der Waals surface area contributed by atoms with Crippen LogP contribution in [0.4, 0.5) is 0 Å². The number of hydrogen-bond donors (Lipinski definition) is 0. The van der Waals surface area contributed by atoms with Gasteiger partial charge in [0.05, 0.1) is 5.41 Å². The molecule has 0 aliphatic rings. The van der Waals surface area contributed by atoms with Crippen molar-refractivity contribution in [3.63, 3.8) is 0 Å². The number of ether oxygens (including phenoxy) is 2. The zero-order valence-electron chi connectivity index (χ0n) is 14.9. The molecule has 0 unspecified atom stereocenters. The smallest absolute Gasteiger partial charge is 0.316 e. The van der Waals surface area contributed by atoms with Crippen molar-refractivity contribution < 1.29 is 14.3 Å². The summed E-state index contributed by atoms with van der Waals surface area (Å²) in [5, 5.41) is 2.08. The molecule has 0 fully saturated rings. The minimum Gasteiger partial charge on any atom is -0.488 e. The largest absolute Gasteiger partial charge is 0.488 e. The number of rotatable bonds is 4. The van der Waals surface area contributed by atoms with Crippen LogP contribution in [0, 0.1) is 5.41 Å². The normalized spacial score (nSPS) is 12.3. The van der Waals surface area contributed by atoms with Gasteiger partial charge >= 0.3 is 5.97 Å². The monoisotopic (exact) mass is 314 g/mol. The number of carbonyl (C=O) groups excluding carboxylic acids is 1. The lowest BCUT2D eigenvalue weighted by Gasteiger charge is -2.21. The Labute approximate surface area is 138 Å². The van der Waals surface area contributed by atoms with Crippen molar-refractivity contribution in [2.45, 2.75) is 53.6 Å². The van der Waals surface area contributed by atoms with Crippen LogP contribution in [0.1, 0.15) is 48.0 Å². The molecule has 0 saturated carbocycles. The molecule has 0 aromatic heterocycles. The Balaban J connectivity index is 2.23. The molecule has 3 nitrogen and oxygen atoms in total. The number of carbonyl (C=O) groups is 1. The molecule has 0 aliphatic carbocycles. The molecule has 0 saturated heterocycles. The van der Waals surface area contributed by atoms with Crippen molar-refractivity contribution in [2.24, 2.45) is 5.41 Å². The third-order valence-electron chi connectivity index (χ3n) is 3.85. The summed E-state index contributed by atoms with van der Waals surface area (Å²) < 4.78 is 11.4. The molecule has 0 spiro atoms. The molecule has 0 N–H and O–H groups in total. The van der Waals surface area contributed by atoms with Crippen LogP contribution in [0.5, 0.6) is 11.5 Å². The highest BCUT2D eigenvalue weighted by atomic mass is 16.5.